The molecule has 0 bridgehead atoms. The average Bonchev–Trinajstić information content (AvgIpc) is 1.54. The third-order valence-corrected chi connectivity index (χ3v) is 1.91. The molecule has 1 fully saturated rings. The molecule has 0 aromatic heterocycles. The molecule has 0 aliphatic heterocycles. The van der Waals surface area contributed by atoms with Crippen LogP contribution in [-0.4, -0.2) is 27.2 Å². The van der Waals surface area contributed by atoms with E-state index in [0.717, 1.165) is 0 Å². The summed E-state index contributed by atoms with van der Waals surface area (Å²) in [4.78, 5) is 0. The van der Waals surface area contributed by atoms with E-state index >= 15 is 0 Å². The fraction of sp³-hybridized carbons (Fsp3) is 1.00. The van der Waals surface area contributed by atoms with Gasteiger partial charge in [0.25, 0.3) is 0 Å². The molecular weight excluding hydrogens is 132 g/mol. The zero-order valence-corrected chi connectivity index (χ0v) is 6.12. The molecule has 2 atom stereocenters. The van der Waals surface area contributed by atoms with Gasteiger partial charge < -0.3 is 15.3 Å². The fourth-order valence-electron chi connectivity index (χ4n) is 1.65. The molecule has 0 amide bonds. The maximum absolute atomic E-state index is 9.11. The van der Waals surface area contributed by atoms with Crippen LogP contribution in [0, 0.1) is 5.92 Å². The van der Waals surface area contributed by atoms with E-state index in [1.165, 1.54) is 0 Å². The van der Waals surface area contributed by atoms with Gasteiger partial charge >= 0.3 is 0 Å². The molecule has 1 rings (SSSR count). The van der Waals surface area contributed by atoms with Crippen molar-refractivity contribution >= 4 is 0 Å². The van der Waals surface area contributed by atoms with Crippen molar-refractivity contribution in [1.82, 2.24) is 0 Å². The molecule has 3 heteroatoms. The van der Waals surface area contributed by atoms with Crippen LogP contribution in [0.2, 0.25) is 0 Å². The summed E-state index contributed by atoms with van der Waals surface area (Å²) in [6.07, 6.45) is 0.614. The third-order valence-electron chi connectivity index (χ3n) is 1.91. The van der Waals surface area contributed by atoms with Crippen molar-refractivity contribution in [2.75, 3.05) is 0 Å². The van der Waals surface area contributed by atoms with Crippen molar-refractivity contribution in [3.63, 3.8) is 0 Å². The van der Waals surface area contributed by atoms with Crippen molar-refractivity contribution in [3.8, 4) is 0 Å². The Hall–Kier alpha value is -0.120. The first kappa shape index (κ1) is 7.98. The van der Waals surface area contributed by atoms with Crippen molar-refractivity contribution in [2.45, 2.75) is 38.1 Å². The van der Waals surface area contributed by atoms with Gasteiger partial charge in [-0.25, -0.2) is 0 Å². The van der Waals surface area contributed by atoms with Crippen LogP contribution in [0.5, 0.6) is 0 Å². The summed E-state index contributed by atoms with van der Waals surface area (Å²) < 4.78 is 0. The van der Waals surface area contributed by atoms with Crippen LogP contribution >= 0.6 is 0 Å². The summed E-state index contributed by atoms with van der Waals surface area (Å²) >= 11 is 0. The van der Waals surface area contributed by atoms with Gasteiger partial charge in [0.05, 0.1) is 6.10 Å². The van der Waals surface area contributed by atoms with Crippen molar-refractivity contribution < 1.29 is 15.3 Å². The lowest BCUT2D eigenvalue weighted by Crippen LogP contribution is -2.40. The van der Waals surface area contributed by atoms with Crippen LogP contribution in [0.15, 0.2) is 0 Å². The van der Waals surface area contributed by atoms with Crippen molar-refractivity contribution in [3.05, 3.63) is 0 Å². The molecule has 2 unspecified atom stereocenters. The molecule has 0 spiro atoms. The predicted molar refractivity (Wildman–Crippen MR) is 36.2 cm³/mol. The zero-order valence-electron chi connectivity index (χ0n) is 6.12. The van der Waals surface area contributed by atoms with E-state index in [1.807, 2.05) is 6.92 Å². The van der Waals surface area contributed by atoms with Gasteiger partial charge in [0.1, 0.15) is 0 Å². The van der Waals surface area contributed by atoms with Gasteiger partial charge in [-0.1, -0.05) is 6.92 Å². The molecule has 1 aliphatic carbocycles. The maximum Gasteiger partial charge on any atom is 0.165 e. The Labute approximate surface area is 60.3 Å². The van der Waals surface area contributed by atoms with E-state index in [9.17, 15) is 0 Å². The molecule has 0 radical (unpaired) electrons. The third kappa shape index (κ3) is 1.94. The Morgan fingerprint density at radius 1 is 1.30 bits per heavy atom. The monoisotopic (exact) mass is 146 g/mol. The number of aliphatic hydroxyl groups excluding tert-OH is 1. The van der Waals surface area contributed by atoms with E-state index in [-0.39, 0.29) is 12.3 Å². The highest BCUT2D eigenvalue weighted by Gasteiger charge is 2.34. The van der Waals surface area contributed by atoms with Gasteiger partial charge in [-0.3, -0.25) is 0 Å². The Morgan fingerprint density at radius 2 is 1.90 bits per heavy atom. The summed E-state index contributed by atoms with van der Waals surface area (Å²) in [5.41, 5.74) is 0. The Bertz CT molecular complexity index is 110. The first-order valence-corrected chi connectivity index (χ1v) is 3.62. The van der Waals surface area contributed by atoms with Crippen molar-refractivity contribution in [2.24, 2.45) is 5.92 Å². The van der Waals surface area contributed by atoms with Crippen LogP contribution < -0.4 is 0 Å². The molecular formula is C7H14O3. The first-order chi connectivity index (χ1) is 4.49. The standard InChI is InChI=1S/C7H14O3/c1-5-2-6(8)4-7(9,10)3-5/h5-6,8-10H,2-4H2,1H3. The van der Waals surface area contributed by atoms with Gasteiger partial charge in [-0.05, 0) is 12.3 Å². The summed E-state index contributed by atoms with van der Waals surface area (Å²) in [6.45, 7) is 1.91. The molecule has 3 N–H and O–H groups in total. The van der Waals surface area contributed by atoms with Gasteiger partial charge in [0.15, 0.2) is 5.79 Å². The Morgan fingerprint density at radius 3 is 2.30 bits per heavy atom. The second-order valence-electron chi connectivity index (χ2n) is 3.39. The summed E-state index contributed by atoms with van der Waals surface area (Å²) in [7, 11) is 0. The van der Waals surface area contributed by atoms with E-state index in [0.29, 0.717) is 12.8 Å². The minimum Gasteiger partial charge on any atom is -0.393 e. The van der Waals surface area contributed by atoms with Crippen LogP contribution in [0.3, 0.4) is 0 Å². The Balaban J connectivity index is 2.51. The molecule has 3 nitrogen and oxygen atoms in total. The lowest BCUT2D eigenvalue weighted by atomic mass is 9.84. The van der Waals surface area contributed by atoms with Crippen LogP contribution in [0.25, 0.3) is 0 Å². The van der Waals surface area contributed by atoms with Crippen LogP contribution in [0.1, 0.15) is 26.2 Å². The van der Waals surface area contributed by atoms with E-state index in [1.54, 1.807) is 0 Å². The topological polar surface area (TPSA) is 60.7 Å². The lowest BCUT2D eigenvalue weighted by molar-refractivity contribution is -0.208. The number of hydrogen-bond donors (Lipinski definition) is 3. The minimum atomic E-state index is -1.63. The molecule has 0 heterocycles. The minimum absolute atomic E-state index is 0.0946. The zero-order chi connectivity index (χ0) is 7.78. The lowest BCUT2D eigenvalue weighted by Gasteiger charge is -2.33. The summed E-state index contributed by atoms with van der Waals surface area (Å²) in [6, 6.07) is 0. The quantitative estimate of drug-likeness (QED) is 0.416. The molecule has 1 saturated carbocycles. The fourth-order valence-corrected chi connectivity index (χ4v) is 1.65. The number of rotatable bonds is 0. The summed E-state index contributed by atoms with van der Waals surface area (Å²) in [5.74, 6) is -1.42. The molecule has 60 valence electrons. The second-order valence-corrected chi connectivity index (χ2v) is 3.39. The van der Waals surface area contributed by atoms with Gasteiger partial charge in [0, 0.05) is 12.8 Å². The Kier molecular flexibility index (Phi) is 1.99. The van der Waals surface area contributed by atoms with Crippen molar-refractivity contribution in [1.29, 1.82) is 0 Å². The molecule has 1 aliphatic rings. The van der Waals surface area contributed by atoms with Gasteiger partial charge in [-0.2, -0.15) is 0 Å². The van der Waals surface area contributed by atoms with E-state index in [4.69, 9.17) is 15.3 Å². The maximum atomic E-state index is 9.11. The first-order valence-electron chi connectivity index (χ1n) is 3.62. The highest BCUT2D eigenvalue weighted by atomic mass is 16.5. The van der Waals surface area contributed by atoms with E-state index in [2.05, 4.69) is 0 Å². The molecule has 0 aromatic rings. The van der Waals surface area contributed by atoms with E-state index < -0.39 is 11.9 Å². The SMILES string of the molecule is CC1CC(O)CC(O)(O)C1. The number of hydrogen-bond acceptors (Lipinski definition) is 3. The second kappa shape index (κ2) is 2.49. The largest absolute Gasteiger partial charge is 0.393 e. The highest BCUT2D eigenvalue weighted by Crippen LogP contribution is 2.29. The normalized spacial score (nSPS) is 39.6. The smallest absolute Gasteiger partial charge is 0.165 e. The summed E-state index contributed by atoms with van der Waals surface area (Å²) in [5, 5.41) is 27.3. The van der Waals surface area contributed by atoms with Gasteiger partial charge in [-0.15, -0.1) is 0 Å². The predicted octanol–water partition coefficient (Wildman–Crippen LogP) is -0.152. The van der Waals surface area contributed by atoms with Crippen LogP contribution in [0.4, 0.5) is 0 Å². The molecule has 10 heavy (non-hydrogen) atoms. The molecule has 0 aromatic carbocycles. The molecule has 0 saturated heterocycles. The average molecular weight is 146 g/mol. The highest BCUT2D eigenvalue weighted by molar-refractivity contribution is 4.80. The number of aliphatic hydroxyl groups is 3. The van der Waals surface area contributed by atoms with Gasteiger partial charge in [0.2, 0.25) is 0 Å². The van der Waals surface area contributed by atoms with Crippen LogP contribution in [-0.2, 0) is 0 Å².